The van der Waals surface area contributed by atoms with Crippen LogP contribution >= 0.6 is 23.2 Å². The van der Waals surface area contributed by atoms with Crippen molar-refractivity contribution in [2.75, 3.05) is 12.8 Å². The molecule has 0 aliphatic rings. The Morgan fingerprint density at radius 1 is 1.20 bits per heavy atom. The minimum atomic E-state index is -0.116. The molecule has 2 rings (SSSR count). The second-order valence-electron chi connectivity index (χ2n) is 4.29. The molecule has 104 valence electrons. The van der Waals surface area contributed by atoms with Crippen LogP contribution in [0.3, 0.4) is 0 Å². The van der Waals surface area contributed by atoms with Crippen LogP contribution in [0.1, 0.15) is 15.9 Å². The molecule has 0 atom stereocenters. The van der Waals surface area contributed by atoms with E-state index in [4.69, 9.17) is 33.7 Å². The fourth-order valence-corrected chi connectivity index (χ4v) is 2.25. The molecule has 3 nitrogen and oxygen atoms in total. The van der Waals surface area contributed by atoms with Crippen molar-refractivity contribution in [3.63, 3.8) is 0 Å². The van der Waals surface area contributed by atoms with Crippen molar-refractivity contribution in [1.82, 2.24) is 0 Å². The van der Waals surface area contributed by atoms with Crippen LogP contribution < -0.4 is 10.5 Å². The van der Waals surface area contributed by atoms with E-state index in [0.29, 0.717) is 32.6 Å². The number of nitrogens with two attached hydrogens (primary N) is 1. The zero-order valence-electron chi connectivity index (χ0n) is 10.8. The highest BCUT2D eigenvalue weighted by Gasteiger charge is 2.13. The molecule has 0 spiro atoms. The number of ketones is 1. The summed E-state index contributed by atoms with van der Waals surface area (Å²) in [6.45, 7) is 0. The van der Waals surface area contributed by atoms with Crippen LogP contribution in [0.25, 0.3) is 0 Å². The Kier molecular flexibility index (Phi) is 4.53. The fourth-order valence-electron chi connectivity index (χ4n) is 1.87. The molecule has 2 aromatic rings. The van der Waals surface area contributed by atoms with Crippen molar-refractivity contribution < 1.29 is 9.53 Å². The first-order chi connectivity index (χ1) is 9.51. The van der Waals surface area contributed by atoms with Crippen LogP contribution in [-0.4, -0.2) is 12.9 Å². The molecule has 0 saturated carbocycles. The largest absolute Gasteiger partial charge is 0.497 e. The van der Waals surface area contributed by atoms with Crippen LogP contribution in [-0.2, 0) is 6.42 Å². The molecule has 0 radical (unpaired) electrons. The van der Waals surface area contributed by atoms with Crippen LogP contribution in [0.5, 0.6) is 5.75 Å². The number of rotatable bonds is 4. The van der Waals surface area contributed by atoms with Crippen LogP contribution in [0, 0.1) is 0 Å². The van der Waals surface area contributed by atoms with Gasteiger partial charge in [0.15, 0.2) is 5.78 Å². The first kappa shape index (κ1) is 14.7. The van der Waals surface area contributed by atoms with E-state index in [9.17, 15) is 4.79 Å². The smallest absolute Gasteiger partial charge is 0.169 e. The van der Waals surface area contributed by atoms with E-state index in [1.807, 2.05) is 0 Å². The van der Waals surface area contributed by atoms with Gasteiger partial charge < -0.3 is 10.5 Å². The molecule has 0 heterocycles. The summed E-state index contributed by atoms with van der Waals surface area (Å²) in [6, 6.07) is 10.00. The van der Waals surface area contributed by atoms with E-state index in [0.717, 1.165) is 0 Å². The normalized spacial score (nSPS) is 10.3. The highest BCUT2D eigenvalue weighted by atomic mass is 35.5. The maximum atomic E-state index is 12.3. The van der Waals surface area contributed by atoms with Gasteiger partial charge in [-0.25, -0.2) is 0 Å². The van der Waals surface area contributed by atoms with Gasteiger partial charge in [0.1, 0.15) is 5.75 Å². The molecule has 5 heteroatoms. The third-order valence-corrected chi connectivity index (χ3v) is 3.52. The summed E-state index contributed by atoms with van der Waals surface area (Å²) < 4.78 is 5.05. The average molecular weight is 310 g/mol. The molecule has 20 heavy (non-hydrogen) atoms. The lowest BCUT2D eigenvalue weighted by molar-refractivity contribution is 0.0994. The van der Waals surface area contributed by atoms with Gasteiger partial charge >= 0.3 is 0 Å². The Morgan fingerprint density at radius 3 is 2.60 bits per heavy atom. The van der Waals surface area contributed by atoms with Gasteiger partial charge in [0.25, 0.3) is 0 Å². The number of Topliss-reactive ketones (excluding diaryl/α,β-unsaturated/α-hetero) is 1. The maximum absolute atomic E-state index is 12.3. The molecule has 0 fully saturated rings. The highest BCUT2D eigenvalue weighted by Crippen LogP contribution is 2.25. The standard InChI is InChI=1S/C15H13Cl2NO2/c1-20-11-3-4-12(14(18)8-11)15(19)7-9-6-10(16)2-5-13(9)17/h2-6,8H,7,18H2,1H3. The number of anilines is 1. The lowest BCUT2D eigenvalue weighted by Gasteiger charge is -2.08. The Morgan fingerprint density at radius 2 is 1.95 bits per heavy atom. The number of carbonyl (C=O) groups excluding carboxylic acids is 1. The second kappa shape index (κ2) is 6.16. The van der Waals surface area contributed by atoms with Gasteiger partial charge in [-0.05, 0) is 35.9 Å². The molecular formula is C15H13Cl2NO2. The number of methoxy groups -OCH3 is 1. The molecule has 2 N–H and O–H groups in total. The highest BCUT2D eigenvalue weighted by molar-refractivity contribution is 6.33. The summed E-state index contributed by atoms with van der Waals surface area (Å²) in [5.41, 5.74) is 7.37. The second-order valence-corrected chi connectivity index (χ2v) is 5.13. The Labute approximate surface area is 127 Å². The maximum Gasteiger partial charge on any atom is 0.169 e. The van der Waals surface area contributed by atoms with E-state index in [2.05, 4.69) is 0 Å². The average Bonchev–Trinajstić information content (AvgIpc) is 2.42. The first-order valence-electron chi connectivity index (χ1n) is 5.92. The lowest BCUT2D eigenvalue weighted by Crippen LogP contribution is -2.07. The van der Waals surface area contributed by atoms with Crippen molar-refractivity contribution in [2.45, 2.75) is 6.42 Å². The molecule has 0 aliphatic carbocycles. The van der Waals surface area contributed by atoms with E-state index in [1.54, 1.807) is 43.5 Å². The number of nitrogen functional groups attached to an aromatic ring is 1. The van der Waals surface area contributed by atoms with Crippen molar-refractivity contribution >= 4 is 34.7 Å². The molecule has 0 aromatic heterocycles. The minimum absolute atomic E-state index is 0.116. The summed E-state index contributed by atoms with van der Waals surface area (Å²) in [6.07, 6.45) is 0.149. The number of halogens is 2. The Bertz CT molecular complexity index is 656. The molecule has 0 bridgehead atoms. The lowest BCUT2D eigenvalue weighted by atomic mass is 10.0. The van der Waals surface area contributed by atoms with Crippen LogP contribution in [0.4, 0.5) is 5.69 Å². The van der Waals surface area contributed by atoms with Gasteiger partial charge in [0.05, 0.1) is 7.11 Å². The summed E-state index contributed by atoms with van der Waals surface area (Å²) >= 11 is 12.0. The number of hydrogen-bond donors (Lipinski definition) is 1. The summed E-state index contributed by atoms with van der Waals surface area (Å²) in [7, 11) is 1.54. The SMILES string of the molecule is COc1ccc(C(=O)Cc2cc(Cl)ccc2Cl)c(N)c1. The molecule has 0 aliphatic heterocycles. The molecule has 0 amide bonds. The minimum Gasteiger partial charge on any atom is -0.497 e. The monoisotopic (exact) mass is 309 g/mol. The molecule has 0 unspecified atom stereocenters. The Balaban J connectivity index is 2.26. The van der Waals surface area contributed by atoms with Gasteiger partial charge in [0, 0.05) is 33.8 Å². The predicted molar refractivity (Wildman–Crippen MR) is 81.9 cm³/mol. The van der Waals surface area contributed by atoms with Crippen LogP contribution in [0.15, 0.2) is 36.4 Å². The molecule has 0 saturated heterocycles. The quantitative estimate of drug-likeness (QED) is 0.686. The Hall–Kier alpha value is -1.71. The van der Waals surface area contributed by atoms with Crippen molar-refractivity contribution in [1.29, 1.82) is 0 Å². The van der Waals surface area contributed by atoms with E-state index >= 15 is 0 Å². The molecule has 2 aromatic carbocycles. The summed E-state index contributed by atoms with van der Waals surface area (Å²) in [5, 5.41) is 1.05. The number of carbonyl (C=O) groups is 1. The van der Waals surface area contributed by atoms with Crippen molar-refractivity contribution in [3.05, 3.63) is 57.6 Å². The van der Waals surface area contributed by atoms with Crippen molar-refractivity contribution in [3.8, 4) is 5.75 Å². The van der Waals surface area contributed by atoms with Crippen molar-refractivity contribution in [2.24, 2.45) is 0 Å². The summed E-state index contributed by atoms with van der Waals surface area (Å²) in [4.78, 5) is 12.3. The third kappa shape index (κ3) is 3.24. The number of benzene rings is 2. The van der Waals surface area contributed by atoms with Gasteiger partial charge in [0.2, 0.25) is 0 Å². The first-order valence-corrected chi connectivity index (χ1v) is 6.67. The molecular weight excluding hydrogens is 297 g/mol. The van der Waals surface area contributed by atoms with Gasteiger partial charge in [-0.3, -0.25) is 4.79 Å². The summed E-state index contributed by atoms with van der Waals surface area (Å²) in [5.74, 6) is 0.495. The van der Waals surface area contributed by atoms with Crippen LogP contribution in [0.2, 0.25) is 10.0 Å². The topological polar surface area (TPSA) is 52.3 Å². The predicted octanol–water partition coefficient (Wildman–Crippen LogP) is 4.01. The van der Waals surface area contributed by atoms with Gasteiger partial charge in [-0.2, -0.15) is 0 Å². The zero-order chi connectivity index (χ0) is 14.7. The van der Waals surface area contributed by atoms with Gasteiger partial charge in [-0.15, -0.1) is 0 Å². The van der Waals surface area contributed by atoms with E-state index in [1.165, 1.54) is 0 Å². The van der Waals surface area contributed by atoms with Gasteiger partial charge in [-0.1, -0.05) is 23.2 Å². The van der Waals surface area contributed by atoms with E-state index in [-0.39, 0.29) is 12.2 Å². The fraction of sp³-hybridized carbons (Fsp3) is 0.133. The van der Waals surface area contributed by atoms with E-state index < -0.39 is 0 Å². The number of ether oxygens (including phenoxy) is 1. The third-order valence-electron chi connectivity index (χ3n) is 2.92. The zero-order valence-corrected chi connectivity index (χ0v) is 12.3. The number of hydrogen-bond acceptors (Lipinski definition) is 3.